The fourth-order valence-corrected chi connectivity index (χ4v) is 3.93. The Morgan fingerprint density at radius 3 is 2.57 bits per heavy atom. The van der Waals surface area contributed by atoms with Crippen LogP contribution in [-0.4, -0.2) is 48.4 Å². The van der Waals surface area contributed by atoms with Gasteiger partial charge in [0, 0.05) is 35.9 Å². The predicted octanol–water partition coefficient (Wildman–Crippen LogP) is 3.88. The minimum atomic E-state index is -0.0514. The Bertz CT molecular complexity index is 833. The molecule has 0 aliphatic carbocycles. The number of ether oxygens (including phenoxy) is 1. The number of anilines is 2. The number of halogens is 1. The Morgan fingerprint density at radius 2 is 1.93 bits per heavy atom. The van der Waals surface area contributed by atoms with Gasteiger partial charge in [-0.05, 0) is 50.3 Å². The van der Waals surface area contributed by atoms with Crippen LogP contribution >= 0.6 is 23.4 Å². The van der Waals surface area contributed by atoms with E-state index in [-0.39, 0.29) is 5.91 Å². The molecule has 1 aromatic heterocycles. The van der Waals surface area contributed by atoms with Gasteiger partial charge in [-0.2, -0.15) is 0 Å². The van der Waals surface area contributed by atoms with E-state index >= 15 is 0 Å². The van der Waals surface area contributed by atoms with Gasteiger partial charge in [0.15, 0.2) is 5.16 Å². The summed E-state index contributed by atoms with van der Waals surface area (Å²) in [5.41, 5.74) is 4.61. The second-order valence-corrected chi connectivity index (χ2v) is 7.88. The van der Waals surface area contributed by atoms with Crippen LogP contribution in [0.1, 0.15) is 23.4 Å². The Hall–Kier alpha value is -1.83. The number of hydrogen-bond acceptors (Lipinski definition) is 6. The zero-order valence-corrected chi connectivity index (χ0v) is 18.0. The fraction of sp³-hybridized carbons (Fsp3) is 0.450. The lowest BCUT2D eigenvalue weighted by atomic mass is 10.1. The molecule has 1 aliphatic heterocycles. The van der Waals surface area contributed by atoms with Gasteiger partial charge in [0.2, 0.25) is 5.91 Å². The SMILES string of the molecule is CSc1nc(C)c(CCC(=O)Nc2cc(Cl)ccc2N2CCOCC2)c(C)n1. The van der Waals surface area contributed by atoms with Gasteiger partial charge in [-0.25, -0.2) is 9.97 Å². The maximum Gasteiger partial charge on any atom is 0.224 e. The molecular formula is C20H25ClN4O2S. The van der Waals surface area contributed by atoms with Crippen LogP contribution in [-0.2, 0) is 16.0 Å². The molecule has 28 heavy (non-hydrogen) atoms. The number of thioether (sulfide) groups is 1. The van der Waals surface area contributed by atoms with Crippen LogP contribution in [0.25, 0.3) is 0 Å². The molecule has 1 aliphatic rings. The second-order valence-electron chi connectivity index (χ2n) is 6.67. The van der Waals surface area contributed by atoms with Gasteiger partial charge >= 0.3 is 0 Å². The summed E-state index contributed by atoms with van der Waals surface area (Å²) in [4.78, 5) is 23.8. The van der Waals surface area contributed by atoms with Gasteiger partial charge in [0.25, 0.3) is 0 Å². The average molecular weight is 421 g/mol. The normalized spacial score (nSPS) is 14.2. The number of hydrogen-bond donors (Lipinski definition) is 1. The summed E-state index contributed by atoms with van der Waals surface area (Å²) >= 11 is 7.69. The third-order valence-corrected chi connectivity index (χ3v) is 5.55. The number of aromatic nitrogens is 2. The molecule has 2 aromatic rings. The molecule has 1 fully saturated rings. The quantitative estimate of drug-likeness (QED) is 0.565. The lowest BCUT2D eigenvalue weighted by Gasteiger charge is -2.30. The van der Waals surface area contributed by atoms with Crippen LogP contribution in [0.3, 0.4) is 0 Å². The second kappa shape index (κ2) is 9.58. The summed E-state index contributed by atoms with van der Waals surface area (Å²) in [6.45, 7) is 6.88. The predicted molar refractivity (Wildman–Crippen MR) is 115 cm³/mol. The molecule has 1 saturated heterocycles. The molecule has 1 amide bonds. The molecule has 0 unspecified atom stereocenters. The number of carbonyl (C=O) groups excluding carboxylic acids is 1. The standard InChI is InChI=1S/C20H25ClN4O2S/c1-13-16(14(2)23-20(22-13)28-3)5-7-19(26)24-17-12-15(21)4-6-18(17)25-8-10-27-11-9-25/h4,6,12H,5,7-11H2,1-3H3,(H,24,26). The van der Waals surface area contributed by atoms with Crippen LogP contribution in [0, 0.1) is 13.8 Å². The van der Waals surface area contributed by atoms with Crippen LogP contribution < -0.4 is 10.2 Å². The number of benzene rings is 1. The first-order valence-corrected chi connectivity index (χ1v) is 10.9. The highest BCUT2D eigenvalue weighted by Gasteiger charge is 2.17. The Balaban J connectivity index is 1.69. The van der Waals surface area contributed by atoms with E-state index < -0.39 is 0 Å². The summed E-state index contributed by atoms with van der Waals surface area (Å²) in [6, 6.07) is 5.60. The molecular weight excluding hydrogens is 396 g/mol. The summed E-state index contributed by atoms with van der Waals surface area (Å²) in [5.74, 6) is -0.0514. The largest absolute Gasteiger partial charge is 0.378 e. The minimum Gasteiger partial charge on any atom is -0.378 e. The first-order valence-electron chi connectivity index (χ1n) is 9.28. The highest BCUT2D eigenvalue weighted by Crippen LogP contribution is 2.30. The molecule has 0 radical (unpaired) electrons. The molecule has 0 saturated carbocycles. The number of rotatable bonds is 6. The van der Waals surface area contributed by atoms with Crippen LogP contribution in [0.5, 0.6) is 0 Å². The molecule has 0 bridgehead atoms. The van der Waals surface area contributed by atoms with Gasteiger partial charge in [-0.1, -0.05) is 23.4 Å². The Kier molecular flexibility index (Phi) is 7.15. The number of amides is 1. The maximum atomic E-state index is 12.6. The van der Waals surface area contributed by atoms with E-state index in [2.05, 4.69) is 20.2 Å². The molecule has 2 heterocycles. The molecule has 0 spiro atoms. The van der Waals surface area contributed by atoms with Crippen molar-refractivity contribution in [3.63, 3.8) is 0 Å². The van der Waals surface area contributed by atoms with Crippen molar-refractivity contribution in [3.8, 4) is 0 Å². The first kappa shape index (κ1) is 20.9. The van der Waals surface area contributed by atoms with E-state index in [1.165, 1.54) is 11.8 Å². The van der Waals surface area contributed by atoms with Gasteiger partial charge in [0.05, 0.1) is 24.6 Å². The maximum absolute atomic E-state index is 12.6. The number of nitrogens with zero attached hydrogens (tertiary/aromatic N) is 3. The third kappa shape index (κ3) is 5.16. The molecule has 1 N–H and O–H groups in total. The number of carbonyl (C=O) groups is 1. The lowest BCUT2D eigenvalue weighted by Crippen LogP contribution is -2.36. The fourth-order valence-electron chi connectivity index (χ4n) is 3.30. The van der Waals surface area contributed by atoms with E-state index in [0.717, 1.165) is 46.6 Å². The third-order valence-electron chi connectivity index (χ3n) is 4.77. The van der Waals surface area contributed by atoms with E-state index in [1.807, 2.05) is 32.2 Å². The zero-order chi connectivity index (χ0) is 20.1. The highest BCUT2D eigenvalue weighted by molar-refractivity contribution is 7.98. The van der Waals surface area contributed by atoms with Crippen molar-refractivity contribution < 1.29 is 9.53 Å². The Morgan fingerprint density at radius 1 is 1.25 bits per heavy atom. The van der Waals surface area contributed by atoms with E-state index in [1.54, 1.807) is 6.07 Å². The summed E-state index contributed by atoms with van der Waals surface area (Å²) in [7, 11) is 0. The monoisotopic (exact) mass is 420 g/mol. The Labute approximate surface area is 175 Å². The van der Waals surface area contributed by atoms with Crippen molar-refractivity contribution in [2.24, 2.45) is 0 Å². The van der Waals surface area contributed by atoms with Gasteiger partial charge in [-0.3, -0.25) is 4.79 Å². The van der Waals surface area contributed by atoms with Gasteiger partial charge in [-0.15, -0.1) is 0 Å². The average Bonchev–Trinajstić information content (AvgIpc) is 2.68. The van der Waals surface area contributed by atoms with Crippen LogP contribution in [0.4, 0.5) is 11.4 Å². The van der Waals surface area contributed by atoms with Crippen molar-refractivity contribution in [2.75, 3.05) is 42.8 Å². The minimum absolute atomic E-state index is 0.0514. The summed E-state index contributed by atoms with van der Waals surface area (Å²) in [6.07, 6.45) is 2.92. The van der Waals surface area contributed by atoms with Gasteiger partial charge in [0.1, 0.15) is 0 Å². The van der Waals surface area contributed by atoms with Crippen molar-refractivity contribution in [2.45, 2.75) is 31.8 Å². The van der Waals surface area contributed by atoms with Crippen LogP contribution in [0.15, 0.2) is 23.4 Å². The topological polar surface area (TPSA) is 67.4 Å². The summed E-state index contributed by atoms with van der Waals surface area (Å²) < 4.78 is 5.42. The molecule has 6 nitrogen and oxygen atoms in total. The zero-order valence-electron chi connectivity index (χ0n) is 16.4. The van der Waals surface area contributed by atoms with Crippen molar-refractivity contribution in [1.82, 2.24) is 9.97 Å². The van der Waals surface area contributed by atoms with Crippen molar-refractivity contribution >= 4 is 40.6 Å². The number of nitrogens with one attached hydrogen (secondary N) is 1. The smallest absolute Gasteiger partial charge is 0.224 e. The van der Waals surface area contributed by atoms with E-state index in [9.17, 15) is 4.79 Å². The summed E-state index contributed by atoms with van der Waals surface area (Å²) in [5, 5.41) is 4.39. The molecule has 150 valence electrons. The van der Waals surface area contributed by atoms with Gasteiger partial charge < -0.3 is 15.0 Å². The highest BCUT2D eigenvalue weighted by atomic mass is 35.5. The molecule has 1 aromatic carbocycles. The molecule has 8 heteroatoms. The van der Waals surface area contributed by atoms with Crippen molar-refractivity contribution in [3.05, 3.63) is 40.2 Å². The van der Waals surface area contributed by atoms with E-state index in [0.29, 0.717) is 31.1 Å². The number of morpholine rings is 1. The first-order chi connectivity index (χ1) is 13.5. The molecule has 3 rings (SSSR count). The van der Waals surface area contributed by atoms with E-state index in [4.69, 9.17) is 16.3 Å². The lowest BCUT2D eigenvalue weighted by molar-refractivity contribution is -0.116. The number of aryl methyl sites for hydroxylation is 2. The van der Waals surface area contributed by atoms with Crippen molar-refractivity contribution in [1.29, 1.82) is 0 Å². The molecule has 0 atom stereocenters. The van der Waals surface area contributed by atoms with Crippen LogP contribution in [0.2, 0.25) is 5.02 Å².